The molecule has 0 bridgehead atoms. The van der Waals surface area contributed by atoms with E-state index in [1.165, 1.54) is 13.0 Å². The van der Waals surface area contributed by atoms with Gasteiger partial charge in [0.15, 0.2) is 0 Å². The summed E-state index contributed by atoms with van der Waals surface area (Å²) in [5, 5.41) is 2.99. The standard InChI is InChI=1S/C14H29N3O/c1-12(2)5-6-16-7-9-17(10-8-16)14(18)15-11-13(3)4/h12-13H,5-11H2,1-4H3,(H,15,18). The van der Waals surface area contributed by atoms with Gasteiger partial charge in [-0.25, -0.2) is 4.79 Å². The van der Waals surface area contributed by atoms with Crippen molar-refractivity contribution in [1.29, 1.82) is 0 Å². The lowest BCUT2D eigenvalue weighted by Crippen LogP contribution is -2.52. The van der Waals surface area contributed by atoms with E-state index in [4.69, 9.17) is 0 Å². The second-order valence-electron chi connectivity index (χ2n) is 6.09. The van der Waals surface area contributed by atoms with Gasteiger partial charge in [-0.05, 0) is 24.8 Å². The predicted octanol–water partition coefficient (Wildman–Crippen LogP) is 2.02. The Morgan fingerprint density at radius 2 is 1.67 bits per heavy atom. The lowest BCUT2D eigenvalue weighted by Gasteiger charge is -2.35. The average Bonchev–Trinajstić information content (AvgIpc) is 2.34. The summed E-state index contributed by atoms with van der Waals surface area (Å²) in [6.45, 7) is 14.4. The van der Waals surface area contributed by atoms with Crippen LogP contribution in [0.3, 0.4) is 0 Å². The van der Waals surface area contributed by atoms with Crippen molar-refractivity contribution in [1.82, 2.24) is 15.1 Å². The fourth-order valence-electron chi connectivity index (χ4n) is 2.02. The van der Waals surface area contributed by atoms with E-state index in [0.717, 1.165) is 38.6 Å². The van der Waals surface area contributed by atoms with Crippen LogP contribution < -0.4 is 5.32 Å². The number of urea groups is 1. The summed E-state index contributed by atoms with van der Waals surface area (Å²) < 4.78 is 0. The SMILES string of the molecule is CC(C)CCN1CCN(C(=O)NCC(C)C)CC1. The zero-order valence-electron chi connectivity index (χ0n) is 12.4. The van der Waals surface area contributed by atoms with Gasteiger partial charge < -0.3 is 10.2 Å². The molecule has 1 aliphatic heterocycles. The molecule has 1 N–H and O–H groups in total. The first-order valence-corrected chi connectivity index (χ1v) is 7.24. The summed E-state index contributed by atoms with van der Waals surface area (Å²) in [5.41, 5.74) is 0. The third kappa shape index (κ3) is 5.71. The van der Waals surface area contributed by atoms with E-state index >= 15 is 0 Å². The average molecular weight is 255 g/mol. The van der Waals surface area contributed by atoms with Gasteiger partial charge in [-0.3, -0.25) is 4.90 Å². The Labute approximate surface area is 112 Å². The maximum absolute atomic E-state index is 11.9. The second kappa shape index (κ2) is 7.62. The van der Waals surface area contributed by atoms with Crippen LogP contribution in [0.4, 0.5) is 4.79 Å². The molecule has 1 heterocycles. The number of amides is 2. The maximum atomic E-state index is 11.9. The van der Waals surface area contributed by atoms with E-state index < -0.39 is 0 Å². The maximum Gasteiger partial charge on any atom is 0.317 e. The topological polar surface area (TPSA) is 35.6 Å². The lowest BCUT2D eigenvalue weighted by atomic mass is 10.1. The van der Waals surface area contributed by atoms with Gasteiger partial charge in [-0.2, -0.15) is 0 Å². The Balaban J connectivity index is 2.20. The summed E-state index contributed by atoms with van der Waals surface area (Å²) >= 11 is 0. The largest absolute Gasteiger partial charge is 0.338 e. The number of nitrogens with zero attached hydrogens (tertiary/aromatic N) is 2. The van der Waals surface area contributed by atoms with Crippen LogP contribution in [0.1, 0.15) is 34.1 Å². The number of hydrogen-bond acceptors (Lipinski definition) is 2. The molecule has 0 aromatic rings. The molecule has 0 aromatic carbocycles. The quantitative estimate of drug-likeness (QED) is 0.816. The number of hydrogen-bond donors (Lipinski definition) is 1. The molecular weight excluding hydrogens is 226 g/mol. The van der Waals surface area contributed by atoms with E-state index in [1.54, 1.807) is 0 Å². The highest BCUT2D eigenvalue weighted by Crippen LogP contribution is 2.06. The summed E-state index contributed by atoms with van der Waals surface area (Å²) in [6.07, 6.45) is 1.25. The van der Waals surface area contributed by atoms with Crippen LogP contribution in [0.15, 0.2) is 0 Å². The van der Waals surface area contributed by atoms with Gasteiger partial charge in [-0.15, -0.1) is 0 Å². The monoisotopic (exact) mass is 255 g/mol. The van der Waals surface area contributed by atoms with Crippen molar-refractivity contribution in [2.75, 3.05) is 39.3 Å². The second-order valence-corrected chi connectivity index (χ2v) is 6.09. The first kappa shape index (κ1) is 15.3. The van der Waals surface area contributed by atoms with Gasteiger partial charge in [0.25, 0.3) is 0 Å². The normalized spacial score (nSPS) is 17.6. The molecule has 0 unspecified atom stereocenters. The van der Waals surface area contributed by atoms with Crippen molar-refractivity contribution < 1.29 is 4.79 Å². The van der Waals surface area contributed by atoms with Crippen LogP contribution >= 0.6 is 0 Å². The molecule has 1 aliphatic rings. The van der Waals surface area contributed by atoms with Crippen LogP contribution in [0.2, 0.25) is 0 Å². The van der Waals surface area contributed by atoms with Gasteiger partial charge in [0.05, 0.1) is 0 Å². The van der Waals surface area contributed by atoms with Crippen LogP contribution in [0.5, 0.6) is 0 Å². The number of carbonyl (C=O) groups excluding carboxylic acids is 1. The number of nitrogens with one attached hydrogen (secondary N) is 1. The molecule has 0 radical (unpaired) electrons. The predicted molar refractivity (Wildman–Crippen MR) is 75.7 cm³/mol. The van der Waals surface area contributed by atoms with Crippen molar-refractivity contribution in [3.8, 4) is 0 Å². The van der Waals surface area contributed by atoms with Crippen LogP contribution in [0, 0.1) is 11.8 Å². The van der Waals surface area contributed by atoms with E-state index in [2.05, 4.69) is 37.9 Å². The minimum atomic E-state index is 0.104. The Morgan fingerprint density at radius 3 is 2.17 bits per heavy atom. The Morgan fingerprint density at radius 1 is 1.06 bits per heavy atom. The van der Waals surface area contributed by atoms with Crippen LogP contribution in [-0.2, 0) is 0 Å². The van der Waals surface area contributed by atoms with Crippen LogP contribution in [0.25, 0.3) is 0 Å². The zero-order chi connectivity index (χ0) is 13.5. The number of rotatable bonds is 5. The van der Waals surface area contributed by atoms with Gasteiger partial charge >= 0.3 is 6.03 Å². The molecule has 1 fully saturated rings. The van der Waals surface area contributed by atoms with Crippen LogP contribution in [-0.4, -0.2) is 55.1 Å². The molecule has 4 nitrogen and oxygen atoms in total. The van der Waals surface area contributed by atoms with Crippen molar-refractivity contribution >= 4 is 6.03 Å². The minimum absolute atomic E-state index is 0.104. The molecule has 18 heavy (non-hydrogen) atoms. The number of piperazine rings is 1. The van der Waals surface area contributed by atoms with Crippen molar-refractivity contribution in [2.24, 2.45) is 11.8 Å². The van der Waals surface area contributed by atoms with Crippen molar-refractivity contribution in [3.63, 3.8) is 0 Å². The Bertz CT molecular complexity index is 245. The van der Waals surface area contributed by atoms with Gasteiger partial charge in [0.2, 0.25) is 0 Å². The minimum Gasteiger partial charge on any atom is -0.338 e. The molecule has 0 atom stereocenters. The fourth-order valence-corrected chi connectivity index (χ4v) is 2.02. The van der Waals surface area contributed by atoms with E-state index in [1.807, 2.05) is 4.90 Å². The molecule has 0 aliphatic carbocycles. The molecule has 0 aromatic heterocycles. The highest BCUT2D eigenvalue weighted by Gasteiger charge is 2.20. The van der Waals surface area contributed by atoms with E-state index in [-0.39, 0.29) is 6.03 Å². The molecule has 106 valence electrons. The molecule has 1 saturated heterocycles. The summed E-state index contributed by atoms with van der Waals surface area (Å²) in [7, 11) is 0. The molecule has 0 spiro atoms. The first-order chi connectivity index (χ1) is 8.49. The molecule has 0 saturated carbocycles. The Hall–Kier alpha value is -0.770. The summed E-state index contributed by atoms with van der Waals surface area (Å²) in [5.74, 6) is 1.28. The van der Waals surface area contributed by atoms with Gasteiger partial charge in [-0.1, -0.05) is 27.7 Å². The highest BCUT2D eigenvalue weighted by molar-refractivity contribution is 5.74. The lowest BCUT2D eigenvalue weighted by molar-refractivity contribution is 0.135. The number of carbonyl (C=O) groups is 1. The molecule has 1 rings (SSSR count). The third-order valence-corrected chi connectivity index (χ3v) is 3.34. The van der Waals surface area contributed by atoms with Crippen molar-refractivity contribution in [2.45, 2.75) is 34.1 Å². The van der Waals surface area contributed by atoms with E-state index in [9.17, 15) is 4.79 Å². The van der Waals surface area contributed by atoms with Crippen molar-refractivity contribution in [3.05, 3.63) is 0 Å². The third-order valence-electron chi connectivity index (χ3n) is 3.34. The zero-order valence-corrected chi connectivity index (χ0v) is 12.4. The van der Waals surface area contributed by atoms with Gasteiger partial charge in [0.1, 0.15) is 0 Å². The summed E-state index contributed by atoms with van der Waals surface area (Å²) in [6, 6.07) is 0.104. The molecule has 2 amide bonds. The first-order valence-electron chi connectivity index (χ1n) is 7.24. The van der Waals surface area contributed by atoms with Gasteiger partial charge in [0, 0.05) is 32.7 Å². The smallest absolute Gasteiger partial charge is 0.317 e. The highest BCUT2D eigenvalue weighted by atomic mass is 16.2. The van der Waals surface area contributed by atoms with E-state index in [0.29, 0.717) is 5.92 Å². The Kier molecular flexibility index (Phi) is 6.47. The fraction of sp³-hybridized carbons (Fsp3) is 0.929. The molecule has 4 heteroatoms. The summed E-state index contributed by atoms with van der Waals surface area (Å²) in [4.78, 5) is 16.3. The molecular formula is C14H29N3O.